The van der Waals surface area contributed by atoms with Gasteiger partial charge in [-0.1, -0.05) is 12.1 Å². The molecule has 102 valence electrons. The van der Waals surface area contributed by atoms with Gasteiger partial charge in [-0.3, -0.25) is 0 Å². The van der Waals surface area contributed by atoms with Gasteiger partial charge in [0.1, 0.15) is 6.10 Å². The van der Waals surface area contributed by atoms with E-state index in [-0.39, 0.29) is 12.1 Å². The third-order valence-corrected chi connectivity index (χ3v) is 4.42. The number of benzene rings is 1. The fourth-order valence-corrected chi connectivity index (χ4v) is 3.34. The highest BCUT2D eigenvalue weighted by atomic mass is 79.9. The minimum atomic E-state index is -0.187. The molecule has 0 saturated heterocycles. The van der Waals surface area contributed by atoms with Gasteiger partial charge in [0.25, 0.3) is 0 Å². The molecule has 2 rings (SSSR count). The maximum absolute atomic E-state index is 6.04. The van der Waals surface area contributed by atoms with Crippen LogP contribution in [0.1, 0.15) is 17.9 Å². The van der Waals surface area contributed by atoms with Gasteiger partial charge in [0.15, 0.2) is 11.5 Å². The van der Waals surface area contributed by atoms with Gasteiger partial charge < -0.3 is 15.2 Å². The van der Waals surface area contributed by atoms with Gasteiger partial charge in [0.05, 0.1) is 7.11 Å². The van der Waals surface area contributed by atoms with Crippen LogP contribution in [0.15, 0.2) is 40.2 Å². The second kappa shape index (κ2) is 6.41. The van der Waals surface area contributed by atoms with Crippen LogP contribution in [0.4, 0.5) is 0 Å². The number of hydrogen-bond acceptors (Lipinski definition) is 4. The standard InChI is InChI=1S/C14H16BrNO2S/c1-9(16)14(13-7-10(15)8-19-13)18-12-6-4-3-5-11(12)17-2/h3-9,14H,16H2,1-2H3. The number of hydrogen-bond donors (Lipinski definition) is 1. The molecule has 0 aliphatic carbocycles. The monoisotopic (exact) mass is 341 g/mol. The summed E-state index contributed by atoms with van der Waals surface area (Å²) in [6.45, 7) is 1.94. The van der Waals surface area contributed by atoms with E-state index in [9.17, 15) is 0 Å². The van der Waals surface area contributed by atoms with Crippen LogP contribution >= 0.6 is 27.3 Å². The number of methoxy groups -OCH3 is 1. The zero-order chi connectivity index (χ0) is 13.8. The molecule has 2 aromatic rings. The van der Waals surface area contributed by atoms with Crippen molar-refractivity contribution in [3.63, 3.8) is 0 Å². The average molecular weight is 342 g/mol. The molecule has 5 heteroatoms. The van der Waals surface area contributed by atoms with Crippen LogP contribution in [0.25, 0.3) is 0 Å². The first-order valence-corrected chi connectivity index (χ1v) is 7.58. The van der Waals surface area contributed by atoms with Crippen molar-refractivity contribution in [3.05, 3.63) is 45.1 Å². The third-order valence-electron chi connectivity index (χ3n) is 2.67. The second-order valence-electron chi connectivity index (χ2n) is 4.22. The predicted molar refractivity (Wildman–Crippen MR) is 82.0 cm³/mol. The van der Waals surface area contributed by atoms with E-state index in [1.807, 2.05) is 42.6 Å². The SMILES string of the molecule is COc1ccccc1OC(c1cc(Br)cs1)C(C)N. The Morgan fingerprint density at radius 2 is 1.95 bits per heavy atom. The molecule has 0 spiro atoms. The lowest BCUT2D eigenvalue weighted by Crippen LogP contribution is -2.28. The topological polar surface area (TPSA) is 44.5 Å². The Hall–Kier alpha value is -1.04. The van der Waals surface area contributed by atoms with E-state index in [0.717, 1.165) is 9.35 Å². The highest BCUT2D eigenvalue weighted by Crippen LogP contribution is 2.34. The number of para-hydroxylation sites is 2. The second-order valence-corrected chi connectivity index (χ2v) is 6.07. The van der Waals surface area contributed by atoms with E-state index in [0.29, 0.717) is 11.5 Å². The van der Waals surface area contributed by atoms with Gasteiger partial charge in [-0.2, -0.15) is 0 Å². The summed E-state index contributed by atoms with van der Waals surface area (Å²) < 4.78 is 12.4. The molecule has 19 heavy (non-hydrogen) atoms. The van der Waals surface area contributed by atoms with Crippen LogP contribution in [0, 0.1) is 0 Å². The lowest BCUT2D eigenvalue weighted by molar-refractivity contribution is 0.176. The van der Waals surface area contributed by atoms with Crippen molar-refractivity contribution in [2.24, 2.45) is 5.73 Å². The van der Waals surface area contributed by atoms with Gasteiger partial charge in [-0.15, -0.1) is 11.3 Å². The Morgan fingerprint density at radius 3 is 2.47 bits per heavy atom. The first-order valence-electron chi connectivity index (χ1n) is 5.91. The molecule has 0 radical (unpaired) electrons. The third kappa shape index (κ3) is 3.49. The molecule has 2 N–H and O–H groups in total. The Labute approximate surface area is 125 Å². The minimum Gasteiger partial charge on any atom is -0.493 e. The fraction of sp³-hybridized carbons (Fsp3) is 0.286. The Bertz CT molecular complexity index is 542. The predicted octanol–water partition coefficient (Wildman–Crippen LogP) is 3.99. The summed E-state index contributed by atoms with van der Waals surface area (Å²) in [6, 6.07) is 9.51. The summed E-state index contributed by atoms with van der Waals surface area (Å²) >= 11 is 5.08. The maximum atomic E-state index is 6.04. The van der Waals surface area contributed by atoms with Crippen LogP contribution in [0.5, 0.6) is 11.5 Å². The van der Waals surface area contributed by atoms with Crippen LogP contribution in [0.2, 0.25) is 0 Å². The zero-order valence-corrected chi connectivity index (χ0v) is 13.2. The number of halogens is 1. The molecule has 0 bridgehead atoms. The molecule has 2 atom stereocenters. The summed E-state index contributed by atoms with van der Waals surface area (Å²) in [4.78, 5) is 1.09. The largest absolute Gasteiger partial charge is 0.493 e. The van der Waals surface area contributed by atoms with Crippen molar-refractivity contribution in [3.8, 4) is 11.5 Å². The van der Waals surface area contributed by atoms with E-state index < -0.39 is 0 Å². The molecule has 2 unspecified atom stereocenters. The maximum Gasteiger partial charge on any atom is 0.162 e. The van der Waals surface area contributed by atoms with Gasteiger partial charge >= 0.3 is 0 Å². The summed E-state index contributed by atoms with van der Waals surface area (Å²) in [5, 5.41) is 2.02. The first-order chi connectivity index (χ1) is 9.11. The lowest BCUT2D eigenvalue weighted by atomic mass is 10.1. The summed E-state index contributed by atoms with van der Waals surface area (Å²) in [6.07, 6.45) is -0.187. The number of thiophene rings is 1. The molecule has 1 aromatic heterocycles. The van der Waals surface area contributed by atoms with E-state index in [4.69, 9.17) is 15.2 Å². The highest BCUT2D eigenvalue weighted by molar-refractivity contribution is 9.10. The van der Waals surface area contributed by atoms with Crippen molar-refractivity contribution < 1.29 is 9.47 Å². The molecular weight excluding hydrogens is 326 g/mol. The molecular formula is C14H16BrNO2S. The average Bonchev–Trinajstić information content (AvgIpc) is 2.82. The molecule has 1 aromatic carbocycles. The van der Waals surface area contributed by atoms with Gasteiger partial charge in [-0.25, -0.2) is 0 Å². The van der Waals surface area contributed by atoms with E-state index in [1.54, 1.807) is 18.4 Å². The van der Waals surface area contributed by atoms with Crippen molar-refractivity contribution in [2.45, 2.75) is 19.1 Å². The quantitative estimate of drug-likeness (QED) is 0.894. The van der Waals surface area contributed by atoms with Crippen LogP contribution < -0.4 is 15.2 Å². The smallest absolute Gasteiger partial charge is 0.162 e. The van der Waals surface area contributed by atoms with Gasteiger partial charge in [-0.05, 0) is 41.1 Å². The zero-order valence-electron chi connectivity index (χ0n) is 10.8. The summed E-state index contributed by atoms with van der Waals surface area (Å²) in [7, 11) is 1.63. The van der Waals surface area contributed by atoms with E-state index in [1.165, 1.54) is 0 Å². The summed E-state index contributed by atoms with van der Waals surface area (Å²) in [5.41, 5.74) is 6.04. The van der Waals surface area contributed by atoms with Crippen LogP contribution in [-0.2, 0) is 0 Å². The molecule has 0 fully saturated rings. The van der Waals surface area contributed by atoms with Crippen molar-refractivity contribution in [1.29, 1.82) is 0 Å². The highest BCUT2D eigenvalue weighted by Gasteiger charge is 2.21. The van der Waals surface area contributed by atoms with Crippen LogP contribution in [-0.4, -0.2) is 13.2 Å². The molecule has 1 heterocycles. The van der Waals surface area contributed by atoms with Gasteiger partial charge in [0, 0.05) is 20.8 Å². The Kier molecular flexibility index (Phi) is 4.85. The minimum absolute atomic E-state index is 0.115. The Balaban J connectivity index is 2.26. The number of nitrogens with two attached hydrogens (primary N) is 1. The van der Waals surface area contributed by atoms with Gasteiger partial charge in [0.2, 0.25) is 0 Å². The van der Waals surface area contributed by atoms with Crippen molar-refractivity contribution >= 4 is 27.3 Å². The molecule has 3 nitrogen and oxygen atoms in total. The number of rotatable bonds is 5. The van der Waals surface area contributed by atoms with E-state index in [2.05, 4.69) is 15.9 Å². The molecule has 0 amide bonds. The van der Waals surface area contributed by atoms with Crippen molar-refractivity contribution in [1.82, 2.24) is 0 Å². The normalized spacial score (nSPS) is 13.9. The Morgan fingerprint density at radius 1 is 1.26 bits per heavy atom. The fourth-order valence-electron chi connectivity index (χ4n) is 1.75. The lowest BCUT2D eigenvalue weighted by Gasteiger charge is -2.22. The molecule has 0 aliphatic rings. The summed E-state index contributed by atoms with van der Waals surface area (Å²) in [5.74, 6) is 1.42. The first kappa shape index (κ1) is 14.4. The molecule has 0 aliphatic heterocycles. The van der Waals surface area contributed by atoms with Crippen molar-refractivity contribution in [2.75, 3.05) is 7.11 Å². The number of ether oxygens (including phenoxy) is 2. The van der Waals surface area contributed by atoms with Crippen LogP contribution in [0.3, 0.4) is 0 Å². The molecule has 0 saturated carbocycles. The van der Waals surface area contributed by atoms with E-state index >= 15 is 0 Å².